The first-order valence-corrected chi connectivity index (χ1v) is 6.47. The fourth-order valence-corrected chi connectivity index (χ4v) is 1.10. The van der Waals surface area contributed by atoms with Gasteiger partial charge in [0.1, 0.15) is 5.60 Å². The van der Waals surface area contributed by atoms with Gasteiger partial charge in [0.15, 0.2) is 0 Å². The van der Waals surface area contributed by atoms with Gasteiger partial charge >= 0.3 is 6.09 Å². The fraction of sp³-hybridized carbons (Fsp3) is 0.900. The molecule has 0 aliphatic heterocycles. The first-order chi connectivity index (χ1) is 6.87. The van der Waals surface area contributed by atoms with Crippen molar-refractivity contribution in [2.75, 3.05) is 31.2 Å². The van der Waals surface area contributed by atoms with Gasteiger partial charge < -0.3 is 14.4 Å². The number of halogens is 1. The number of carbonyl (C=O) groups is 1. The van der Waals surface area contributed by atoms with Crippen molar-refractivity contribution in [3.05, 3.63) is 0 Å². The summed E-state index contributed by atoms with van der Waals surface area (Å²) in [7, 11) is 1.71. The van der Waals surface area contributed by atoms with Crippen LogP contribution in [0.2, 0.25) is 0 Å². The van der Waals surface area contributed by atoms with Crippen LogP contribution < -0.4 is 0 Å². The molecule has 0 bridgehead atoms. The average Bonchev–Trinajstić information content (AvgIpc) is 2.09. The van der Waals surface area contributed by atoms with Crippen LogP contribution in [0, 0.1) is 0 Å². The normalized spacial score (nSPS) is 11.3. The lowest BCUT2D eigenvalue weighted by molar-refractivity contribution is 0.0240. The average molecular weight is 329 g/mol. The number of nitrogens with zero attached hydrogens (tertiary/aromatic N) is 1. The van der Waals surface area contributed by atoms with Crippen molar-refractivity contribution in [1.82, 2.24) is 4.90 Å². The van der Waals surface area contributed by atoms with Crippen LogP contribution in [0.25, 0.3) is 0 Å². The summed E-state index contributed by atoms with van der Waals surface area (Å²) in [4.78, 5) is 13.0. The predicted molar refractivity (Wildman–Crippen MR) is 68.6 cm³/mol. The molecule has 0 aliphatic rings. The van der Waals surface area contributed by atoms with Crippen molar-refractivity contribution >= 4 is 28.7 Å². The van der Waals surface area contributed by atoms with Crippen LogP contribution in [0.3, 0.4) is 0 Å². The number of amides is 1. The van der Waals surface area contributed by atoms with Crippen LogP contribution in [0.15, 0.2) is 0 Å². The summed E-state index contributed by atoms with van der Waals surface area (Å²) >= 11 is 2.25. The van der Waals surface area contributed by atoms with E-state index in [9.17, 15) is 4.79 Å². The van der Waals surface area contributed by atoms with E-state index in [4.69, 9.17) is 9.47 Å². The summed E-state index contributed by atoms with van der Waals surface area (Å²) in [6.45, 7) is 7.40. The van der Waals surface area contributed by atoms with E-state index in [0.29, 0.717) is 13.2 Å². The Hall–Kier alpha value is -0.0400. The van der Waals surface area contributed by atoms with Crippen molar-refractivity contribution in [1.29, 1.82) is 0 Å². The van der Waals surface area contributed by atoms with E-state index in [0.717, 1.165) is 11.0 Å². The molecule has 0 spiro atoms. The molecule has 0 aromatic heterocycles. The number of hydrogen-bond acceptors (Lipinski definition) is 3. The lowest BCUT2D eigenvalue weighted by atomic mass is 10.2. The van der Waals surface area contributed by atoms with Gasteiger partial charge in [-0.3, -0.25) is 0 Å². The topological polar surface area (TPSA) is 38.8 Å². The Morgan fingerprint density at radius 3 is 2.40 bits per heavy atom. The minimum Gasteiger partial charge on any atom is -0.444 e. The first-order valence-electron chi connectivity index (χ1n) is 4.94. The second-order valence-electron chi connectivity index (χ2n) is 4.20. The Balaban J connectivity index is 3.70. The van der Waals surface area contributed by atoms with Crippen LogP contribution in [0.5, 0.6) is 0 Å². The maximum Gasteiger partial charge on any atom is 0.410 e. The summed E-state index contributed by atoms with van der Waals surface area (Å²) in [5.41, 5.74) is -0.436. The molecule has 0 unspecified atom stereocenters. The van der Waals surface area contributed by atoms with Gasteiger partial charge in [0.2, 0.25) is 0 Å². The monoisotopic (exact) mass is 329 g/mol. The second-order valence-corrected chi connectivity index (χ2v) is 5.28. The third-order valence-electron chi connectivity index (χ3n) is 1.50. The Morgan fingerprint density at radius 2 is 1.93 bits per heavy atom. The molecular weight excluding hydrogens is 309 g/mol. The molecule has 0 N–H and O–H groups in total. The van der Waals surface area contributed by atoms with Crippen molar-refractivity contribution in [3.63, 3.8) is 0 Å². The zero-order valence-corrected chi connectivity index (χ0v) is 12.0. The molecule has 90 valence electrons. The summed E-state index contributed by atoms with van der Waals surface area (Å²) in [5, 5.41) is 0. The minimum atomic E-state index is -0.436. The highest BCUT2D eigenvalue weighted by molar-refractivity contribution is 14.1. The molecule has 0 aromatic carbocycles. The molecule has 0 atom stereocenters. The molecule has 4 nitrogen and oxygen atoms in total. The van der Waals surface area contributed by atoms with Crippen LogP contribution in [-0.2, 0) is 9.47 Å². The maximum absolute atomic E-state index is 11.5. The van der Waals surface area contributed by atoms with E-state index in [2.05, 4.69) is 22.6 Å². The molecule has 0 fully saturated rings. The standard InChI is InChI=1S/C10H20INO3/c1-10(2,3)15-9(13)12(4)6-8-14-7-5-11/h5-8H2,1-4H3. The van der Waals surface area contributed by atoms with Crippen LogP contribution in [0.4, 0.5) is 4.79 Å². The zero-order valence-electron chi connectivity index (χ0n) is 9.88. The third-order valence-corrected chi connectivity index (χ3v) is 1.94. The molecule has 0 saturated carbocycles. The largest absolute Gasteiger partial charge is 0.444 e. The van der Waals surface area contributed by atoms with E-state index in [1.54, 1.807) is 7.05 Å². The summed E-state index contributed by atoms with van der Waals surface area (Å²) in [6.07, 6.45) is -0.305. The Labute approximate surface area is 105 Å². The first kappa shape index (κ1) is 15.0. The van der Waals surface area contributed by atoms with Gasteiger partial charge in [-0.05, 0) is 20.8 Å². The molecule has 0 saturated heterocycles. The summed E-state index contributed by atoms with van der Waals surface area (Å²) < 4.78 is 11.4. The molecule has 15 heavy (non-hydrogen) atoms. The van der Waals surface area contributed by atoms with Crippen LogP contribution in [0.1, 0.15) is 20.8 Å². The zero-order chi connectivity index (χ0) is 11.9. The lowest BCUT2D eigenvalue weighted by Gasteiger charge is -2.24. The van der Waals surface area contributed by atoms with E-state index >= 15 is 0 Å². The highest BCUT2D eigenvalue weighted by Crippen LogP contribution is 2.08. The Bertz CT molecular complexity index is 192. The SMILES string of the molecule is CN(CCOCCI)C(=O)OC(C)(C)C. The summed E-state index contributed by atoms with van der Waals surface area (Å²) in [5.74, 6) is 0. The highest BCUT2D eigenvalue weighted by atomic mass is 127. The van der Waals surface area contributed by atoms with Crippen LogP contribution in [-0.4, -0.2) is 47.8 Å². The van der Waals surface area contributed by atoms with Gasteiger partial charge in [-0.25, -0.2) is 4.79 Å². The lowest BCUT2D eigenvalue weighted by Crippen LogP contribution is -2.36. The molecule has 0 aliphatic carbocycles. The molecule has 1 amide bonds. The predicted octanol–water partition coefficient (Wildman–Crippen LogP) is 2.30. The number of likely N-dealkylation sites (N-methyl/N-ethyl adjacent to an activating group) is 1. The number of rotatable bonds is 5. The quantitative estimate of drug-likeness (QED) is 0.441. The number of carbonyl (C=O) groups excluding carboxylic acids is 1. The van der Waals surface area contributed by atoms with Crippen molar-refractivity contribution in [3.8, 4) is 0 Å². The van der Waals surface area contributed by atoms with E-state index < -0.39 is 5.60 Å². The van der Waals surface area contributed by atoms with Gasteiger partial charge in [-0.2, -0.15) is 0 Å². The van der Waals surface area contributed by atoms with Gasteiger partial charge in [0.05, 0.1) is 13.2 Å². The van der Waals surface area contributed by atoms with Gasteiger partial charge in [-0.1, -0.05) is 22.6 Å². The number of ether oxygens (including phenoxy) is 2. The smallest absolute Gasteiger partial charge is 0.410 e. The van der Waals surface area contributed by atoms with Crippen molar-refractivity contribution in [2.45, 2.75) is 26.4 Å². The third kappa shape index (κ3) is 8.92. The molecule has 0 heterocycles. The van der Waals surface area contributed by atoms with Crippen molar-refractivity contribution < 1.29 is 14.3 Å². The van der Waals surface area contributed by atoms with Gasteiger partial charge in [0.25, 0.3) is 0 Å². The maximum atomic E-state index is 11.5. The molecule has 5 heteroatoms. The van der Waals surface area contributed by atoms with E-state index in [1.165, 1.54) is 4.90 Å². The highest BCUT2D eigenvalue weighted by Gasteiger charge is 2.18. The summed E-state index contributed by atoms with van der Waals surface area (Å²) in [6, 6.07) is 0. The Morgan fingerprint density at radius 1 is 1.33 bits per heavy atom. The minimum absolute atomic E-state index is 0.305. The molecule has 0 rings (SSSR count). The number of hydrogen-bond donors (Lipinski definition) is 0. The molecule has 0 aromatic rings. The van der Waals surface area contributed by atoms with Crippen molar-refractivity contribution in [2.24, 2.45) is 0 Å². The fourth-order valence-electron chi connectivity index (χ4n) is 0.789. The van der Waals surface area contributed by atoms with E-state index in [-0.39, 0.29) is 6.09 Å². The Kier molecular flexibility index (Phi) is 7.25. The van der Waals surface area contributed by atoms with Gasteiger partial charge in [-0.15, -0.1) is 0 Å². The second kappa shape index (κ2) is 7.27. The van der Waals surface area contributed by atoms with E-state index in [1.807, 2.05) is 20.8 Å². The molecular formula is C10H20INO3. The number of alkyl halides is 1. The van der Waals surface area contributed by atoms with Gasteiger partial charge in [0, 0.05) is 18.0 Å². The molecule has 0 radical (unpaired) electrons. The van der Waals surface area contributed by atoms with Crippen LogP contribution >= 0.6 is 22.6 Å².